The smallest absolute Gasteiger partial charge is 0.329 e. The summed E-state index contributed by atoms with van der Waals surface area (Å²) < 4.78 is 4.37. The predicted molar refractivity (Wildman–Crippen MR) is 230 cm³/mol. The first kappa shape index (κ1) is 36.8. The van der Waals surface area contributed by atoms with Crippen molar-refractivity contribution in [3.8, 4) is 11.3 Å². The molecule has 0 bridgehead atoms. The van der Waals surface area contributed by atoms with Crippen molar-refractivity contribution in [3.63, 3.8) is 0 Å². The Morgan fingerprint density at radius 3 is 2.43 bits per heavy atom. The van der Waals surface area contributed by atoms with E-state index >= 15 is 0 Å². The summed E-state index contributed by atoms with van der Waals surface area (Å²) in [5, 5.41) is 11.1. The molecule has 10 rings (SSSR count). The number of fused-ring (bicyclic) bond motifs is 6. The minimum atomic E-state index is -0.671. The number of para-hydroxylation sites is 1. The normalized spacial score (nSPS) is 21.3. The standard InChI is InChI=1S/C45H48N8O4S/c1-26-24-46-40-39-32-10-11-33(48-34(32)12-14-37(39)58-42(40)44(56)47-26)29-6-8-30(9-7-29)52-22-16-27(17-23-52)25-51-20-18-28(19-21-51)31-4-3-5-35-41(31)50(2)45(57)53(35)36-13-15-38(54)49-43(36)55/h3-12,14,26-28,36,46H,13,15-25H2,1-2H3,(H,47,56)(H,49,54,55)/t26-,36?/m1/s1. The second-order valence-electron chi connectivity index (χ2n) is 16.7. The van der Waals surface area contributed by atoms with Gasteiger partial charge in [0.05, 0.1) is 27.9 Å². The largest absolute Gasteiger partial charge is 0.381 e. The first-order valence-corrected chi connectivity index (χ1v) is 21.5. The SMILES string of the molecule is C[C@@H]1CNc2c(sc3ccc4nc(-c5ccc(N6CCC(CN7CCC(c8cccc9c8n(C)c(=O)n9C8CCC(=O)NC8=O)CC7)CC6)cc5)ccc4c23)C(=O)N1. The molecule has 12 nitrogen and oxygen atoms in total. The van der Waals surface area contributed by atoms with Crippen LogP contribution in [0.5, 0.6) is 0 Å². The number of likely N-dealkylation sites (tertiary alicyclic amines) is 1. The molecule has 0 aliphatic carbocycles. The number of nitrogens with one attached hydrogen (secondary N) is 3. The summed E-state index contributed by atoms with van der Waals surface area (Å²) in [4.78, 5) is 61.8. The van der Waals surface area contributed by atoms with E-state index in [4.69, 9.17) is 4.98 Å². The first-order chi connectivity index (χ1) is 28.2. The van der Waals surface area contributed by atoms with Gasteiger partial charge in [-0.15, -0.1) is 11.3 Å². The van der Waals surface area contributed by atoms with Crippen LogP contribution in [0.1, 0.15) is 72.6 Å². The number of hydrogen-bond acceptors (Lipinski definition) is 9. The average Bonchev–Trinajstić information content (AvgIpc) is 3.70. The van der Waals surface area contributed by atoms with Crippen LogP contribution in [-0.2, 0) is 16.6 Å². The van der Waals surface area contributed by atoms with Gasteiger partial charge >= 0.3 is 5.69 Å². The Morgan fingerprint density at radius 1 is 0.862 bits per heavy atom. The molecule has 2 atom stereocenters. The zero-order valence-corrected chi connectivity index (χ0v) is 33.7. The third kappa shape index (κ3) is 6.44. The van der Waals surface area contributed by atoms with E-state index in [0.717, 1.165) is 99.4 Å². The summed E-state index contributed by atoms with van der Waals surface area (Å²) in [5.41, 5.74) is 7.76. The average molecular weight is 797 g/mol. The number of imide groups is 1. The van der Waals surface area contributed by atoms with E-state index in [1.807, 2.05) is 19.1 Å². The van der Waals surface area contributed by atoms with Crippen LogP contribution in [0.15, 0.2) is 71.5 Å². The molecule has 3 amide bonds. The molecular weight excluding hydrogens is 749 g/mol. The van der Waals surface area contributed by atoms with Gasteiger partial charge in [-0.25, -0.2) is 9.78 Å². The fraction of sp³-hybridized carbons (Fsp3) is 0.400. The van der Waals surface area contributed by atoms with Crippen LogP contribution in [0, 0.1) is 5.92 Å². The molecule has 7 heterocycles. The van der Waals surface area contributed by atoms with E-state index in [1.54, 1.807) is 16.2 Å². The van der Waals surface area contributed by atoms with Crippen LogP contribution in [-0.4, -0.2) is 82.1 Å². The van der Waals surface area contributed by atoms with Crippen molar-refractivity contribution < 1.29 is 14.4 Å². The molecule has 0 spiro atoms. The van der Waals surface area contributed by atoms with Gasteiger partial charge in [-0.05, 0) is 112 Å². The van der Waals surface area contributed by atoms with Crippen LogP contribution in [0.2, 0.25) is 0 Å². The number of anilines is 2. The van der Waals surface area contributed by atoms with Crippen molar-refractivity contribution in [2.75, 3.05) is 49.5 Å². The quantitative estimate of drug-likeness (QED) is 0.165. The lowest BCUT2D eigenvalue weighted by Gasteiger charge is -2.38. The molecule has 4 aliphatic heterocycles. The Kier molecular flexibility index (Phi) is 9.32. The van der Waals surface area contributed by atoms with Crippen molar-refractivity contribution in [2.24, 2.45) is 13.0 Å². The molecule has 4 aliphatic rings. The van der Waals surface area contributed by atoms with Gasteiger partial charge in [-0.2, -0.15) is 0 Å². The number of nitrogens with zero attached hydrogens (tertiary/aromatic N) is 5. The summed E-state index contributed by atoms with van der Waals surface area (Å²) in [6, 6.07) is 22.7. The fourth-order valence-corrected chi connectivity index (χ4v) is 11.0. The number of thiophene rings is 1. The lowest BCUT2D eigenvalue weighted by molar-refractivity contribution is -0.135. The summed E-state index contributed by atoms with van der Waals surface area (Å²) in [5.74, 6) is 0.311. The molecular formula is C45H48N8O4S. The zero-order valence-electron chi connectivity index (χ0n) is 32.9. The molecule has 6 aromatic rings. The third-order valence-corrected chi connectivity index (χ3v) is 14.2. The Balaban J connectivity index is 0.758. The van der Waals surface area contributed by atoms with E-state index in [0.29, 0.717) is 24.8 Å². The molecule has 1 unspecified atom stereocenters. The van der Waals surface area contributed by atoms with Gasteiger partial charge in [0.1, 0.15) is 10.9 Å². The second-order valence-corrected chi connectivity index (χ2v) is 17.8. The number of benzene rings is 3. The van der Waals surface area contributed by atoms with Gasteiger partial charge in [0.15, 0.2) is 0 Å². The number of hydrogen-bond donors (Lipinski definition) is 3. The third-order valence-electron chi connectivity index (χ3n) is 13.0. The number of aromatic nitrogens is 3. The number of carbonyl (C=O) groups is 3. The summed E-state index contributed by atoms with van der Waals surface area (Å²) in [6.45, 7) is 7.96. The Hall–Kier alpha value is -5.53. The van der Waals surface area contributed by atoms with E-state index in [-0.39, 0.29) is 30.0 Å². The minimum Gasteiger partial charge on any atom is -0.381 e. The van der Waals surface area contributed by atoms with Gasteiger partial charge in [-0.3, -0.25) is 28.8 Å². The second kappa shape index (κ2) is 14.7. The summed E-state index contributed by atoms with van der Waals surface area (Å²) in [6.07, 6.45) is 4.97. The monoisotopic (exact) mass is 796 g/mol. The van der Waals surface area contributed by atoms with Gasteiger partial charge < -0.3 is 20.4 Å². The van der Waals surface area contributed by atoms with Crippen LogP contribution >= 0.6 is 11.3 Å². The van der Waals surface area contributed by atoms with E-state index in [2.05, 4.69) is 80.3 Å². The Morgan fingerprint density at radius 2 is 1.66 bits per heavy atom. The molecule has 58 heavy (non-hydrogen) atoms. The van der Waals surface area contributed by atoms with Gasteiger partial charge in [0.25, 0.3) is 5.91 Å². The number of amides is 3. The molecule has 0 radical (unpaired) electrons. The van der Waals surface area contributed by atoms with Gasteiger partial charge in [-0.1, -0.05) is 24.3 Å². The van der Waals surface area contributed by atoms with E-state index < -0.39 is 11.9 Å². The van der Waals surface area contributed by atoms with E-state index in [9.17, 15) is 19.2 Å². The highest BCUT2D eigenvalue weighted by molar-refractivity contribution is 7.21. The molecule has 3 N–H and O–H groups in total. The Bertz CT molecular complexity index is 2660. The van der Waals surface area contributed by atoms with Crippen molar-refractivity contribution in [2.45, 2.75) is 63.5 Å². The lowest BCUT2D eigenvalue weighted by Crippen LogP contribution is -2.44. The highest BCUT2D eigenvalue weighted by atomic mass is 32.1. The van der Waals surface area contributed by atoms with Crippen LogP contribution in [0.25, 0.3) is 43.3 Å². The maximum atomic E-state index is 13.5. The predicted octanol–water partition coefficient (Wildman–Crippen LogP) is 6.39. The Labute approximate surface area is 340 Å². The molecule has 3 fully saturated rings. The summed E-state index contributed by atoms with van der Waals surface area (Å²) in [7, 11) is 1.80. The molecule has 3 aromatic heterocycles. The number of pyridine rings is 1. The zero-order chi connectivity index (χ0) is 39.7. The van der Waals surface area contributed by atoms with Crippen LogP contribution in [0.4, 0.5) is 11.4 Å². The van der Waals surface area contributed by atoms with Crippen LogP contribution in [0.3, 0.4) is 0 Å². The molecule has 0 saturated carbocycles. The summed E-state index contributed by atoms with van der Waals surface area (Å²) >= 11 is 1.53. The van der Waals surface area contributed by atoms with Crippen molar-refractivity contribution in [1.82, 2.24) is 29.7 Å². The molecule has 3 aromatic carbocycles. The highest BCUT2D eigenvalue weighted by Crippen LogP contribution is 2.42. The van der Waals surface area contributed by atoms with Crippen molar-refractivity contribution in [3.05, 3.63) is 87.7 Å². The number of piperidine rings is 3. The minimum absolute atomic E-state index is 0.0166. The fourth-order valence-electron chi connectivity index (χ4n) is 9.92. The maximum Gasteiger partial charge on any atom is 0.329 e. The lowest BCUT2D eigenvalue weighted by atomic mass is 9.87. The highest BCUT2D eigenvalue weighted by Gasteiger charge is 2.33. The number of imidazole rings is 1. The number of rotatable bonds is 6. The number of carbonyl (C=O) groups excluding carboxylic acids is 3. The van der Waals surface area contributed by atoms with Gasteiger partial charge in [0, 0.05) is 72.4 Å². The van der Waals surface area contributed by atoms with Crippen LogP contribution < -0.4 is 26.5 Å². The first-order valence-electron chi connectivity index (χ1n) is 20.7. The molecule has 3 saturated heterocycles. The van der Waals surface area contributed by atoms with E-state index in [1.165, 1.54) is 35.4 Å². The molecule has 13 heteroatoms. The van der Waals surface area contributed by atoms with Gasteiger partial charge in [0.2, 0.25) is 11.8 Å². The topological polar surface area (TPSA) is 134 Å². The number of aryl methyl sites for hydroxylation is 1. The van der Waals surface area contributed by atoms with Crippen molar-refractivity contribution >= 4 is 72.5 Å². The molecule has 298 valence electrons. The maximum absolute atomic E-state index is 13.5. The van der Waals surface area contributed by atoms with Crippen molar-refractivity contribution in [1.29, 1.82) is 0 Å².